The summed E-state index contributed by atoms with van der Waals surface area (Å²) >= 11 is 0. The van der Waals surface area contributed by atoms with Gasteiger partial charge in [0.2, 0.25) is 5.91 Å². The number of ether oxygens (including phenoxy) is 1. The van der Waals surface area contributed by atoms with Gasteiger partial charge in [-0.05, 0) is 36.2 Å². The molecule has 2 saturated heterocycles. The van der Waals surface area contributed by atoms with Crippen molar-refractivity contribution in [2.24, 2.45) is 0 Å². The summed E-state index contributed by atoms with van der Waals surface area (Å²) in [4.78, 5) is 28.5. The molecule has 2 aliphatic rings. The van der Waals surface area contributed by atoms with Crippen LogP contribution < -0.4 is 10.2 Å². The lowest BCUT2D eigenvalue weighted by Crippen LogP contribution is -2.47. The molecule has 152 valence electrons. The summed E-state index contributed by atoms with van der Waals surface area (Å²) in [5, 5.41) is 2.98. The minimum atomic E-state index is -0.118. The van der Waals surface area contributed by atoms with Gasteiger partial charge >= 0.3 is 0 Å². The Morgan fingerprint density at radius 2 is 1.86 bits per heavy atom. The first-order valence-electron chi connectivity index (χ1n) is 10.3. The first-order chi connectivity index (χ1) is 14.2. The quantitative estimate of drug-likeness (QED) is 0.819. The van der Waals surface area contributed by atoms with Crippen molar-refractivity contribution in [3.63, 3.8) is 0 Å². The zero-order valence-corrected chi connectivity index (χ0v) is 16.5. The Kier molecular flexibility index (Phi) is 6.22. The van der Waals surface area contributed by atoms with Crippen LogP contribution in [0, 0.1) is 0 Å². The molecule has 6 heteroatoms. The predicted molar refractivity (Wildman–Crippen MR) is 112 cm³/mol. The summed E-state index contributed by atoms with van der Waals surface area (Å²) in [7, 11) is 0. The largest absolute Gasteiger partial charge is 0.374 e. The molecule has 1 atom stereocenters. The Labute approximate surface area is 171 Å². The number of morpholine rings is 1. The van der Waals surface area contributed by atoms with Gasteiger partial charge in [0.05, 0.1) is 12.7 Å². The number of hydrogen-bond acceptors (Lipinski definition) is 4. The highest BCUT2D eigenvalue weighted by atomic mass is 16.5. The molecule has 2 amide bonds. The zero-order chi connectivity index (χ0) is 20.1. The van der Waals surface area contributed by atoms with Crippen LogP contribution in [0.2, 0.25) is 0 Å². The summed E-state index contributed by atoms with van der Waals surface area (Å²) in [5.41, 5.74) is 2.74. The van der Waals surface area contributed by atoms with Gasteiger partial charge in [0.1, 0.15) is 0 Å². The highest BCUT2D eigenvalue weighted by Gasteiger charge is 2.23. The number of nitrogens with zero attached hydrogens (tertiary/aromatic N) is 2. The first-order valence-corrected chi connectivity index (χ1v) is 10.3. The Morgan fingerprint density at radius 3 is 2.59 bits per heavy atom. The maximum Gasteiger partial charge on any atom is 0.251 e. The molecule has 1 N–H and O–H groups in total. The van der Waals surface area contributed by atoms with Crippen LogP contribution in [0.1, 0.15) is 28.8 Å². The molecule has 0 aromatic heterocycles. The van der Waals surface area contributed by atoms with Gasteiger partial charge in [0.25, 0.3) is 5.91 Å². The average Bonchev–Trinajstić information content (AvgIpc) is 3.19. The summed E-state index contributed by atoms with van der Waals surface area (Å²) in [6, 6.07) is 17.6. The third-order valence-corrected chi connectivity index (χ3v) is 5.48. The number of carbonyl (C=O) groups excluding carboxylic acids is 2. The second-order valence-corrected chi connectivity index (χ2v) is 7.62. The lowest BCUT2D eigenvalue weighted by atomic mass is 10.1. The van der Waals surface area contributed by atoms with Gasteiger partial charge in [0, 0.05) is 50.4 Å². The van der Waals surface area contributed by atoms with Crippen molar-refractivity contribution < 1.29 is 14.3 Å². The van der Waals surface area contributed by atoms with Crippen LogP contribution in [-0.2, 0) is 16.1 Å². The lowest BCUT2D eigenvalue weighted by Gasteiger charge is -2.33. The smallest absolute Gasteiger partial charge is 0.251 e. The van der Waals surface area contributed by atoms with Crippen LogP contribution in [0.25, 0.3) is 0 Å². The van der Waals surface area contributed by atoms with Crippen LogP contribution in [0.5, 0.6) is 0 Å². The van der Waals surface area contributed by atoms with Crippen molar-refractivity contribution in [1.29, 1.82) is 0 Å². The maximum atomic E-state index is 12.5. The molecule has 2 heterocycles. The van der Waals surface area contributed by atoms with Gasteiger partial charge in [-0.25, -0.2) is 0 Å². The molecule has 4 rings (SSSR count). The minimum absolute atomic E-state index is 0.0158. The summed E-state index contributed by atoms with van der Waals surface area (Å²) in [6.45, 7) is 4.50. The standard InChI is InChI=1S/C23H27N3O3/c27-22-7-4-12-26(22)20-10-8-19(9-11-20)23(28)24-15-21-17-25(13-14-29-21)16-18-5-2-1-3-6-18/h1-3,5-6,8-11,21H,4,7,12-17H2,(H,24,28). The van der Waals surface area contributed by atoms with Gasteiger partial charge in [-0.15, -0.1) is 0 Å². The maximum absolute atomic E-state index is 12.5. The monoisotopic (exact) mass is 393 g/mol. The average molecular weight is 393 g/mol. The number of anilines is 1. The molecular weight excluding hydrogens is 366 g/mol. The van der Waals surface area contributed by atoms with E-state index in [1.165, 1.54) is 5.56 Å². The SMILES string of the molecule is O=C(NCC1CN(Cc2ccccc2)CCO1)c1ccc(N2CCCC2=O)cc1. The number of amides is 2. The topological polar surface area (TPSA) is 61.9 Å². The molecule has 1 unspecified atom stereocenters. The van der Waals surface area contributed by atoms with Crippen LogP contribution in [0.15, 0.2) is 54.6 Å². The van der Waals surface area contributed by atoms with Crippen molar-refractivity contribution >= 4 is 17.5 Å². The molecule has 2 aromatic rings. The summed E-state index contributed by atoms with van der Waals surface area (Å²) < 4.78 is 5.83. The molecule has 0 radical (unpaired) electrons. The van der Waals surface area contributed by atoms with Gasteiger partial charge in [-0.1, -0.05) is 30.3 Å². The van der Waals surface area contributed by atoms with E-state index in [0.717, 1.165) is 38.3 Å². The normalized spacial score (nSPS) is 20.1. The molecule has 2 fully saturated rings. The van der Waals surface area contributed by atoms with Crippen LogP contribution in [0.3, 0.4) is 0 Å². The van der Waals surface area contributed by atoms with Crippen LogP contribution in [0.4, 0.5) is 5.69 Å². The second kappa shape index (κ2) is 9.20. The van der Waals surface area contributed by atoms with E-state index < -0.39 is 0 Å². The van der Waals surface area contributed by atoms with Gasteiger partial charge < -0.3 is 15.0 Å². The van der Waals surface area contributed by atoms with Crippen molar-refractivity contribution in [3.05, 3.63) is 65.7 Å². The second-order valence-electron chi connectivity index (χ2n) is 7.62. The molecule has 29 heavy (non-hydrogen) atoms. The number of benzene rings is 2. The van der Waals surface area contributed by atoms with Crippen molar-refractivity contribution in [2.75, 3.05) is 37.7 Å². The Bertz CT molecular complexity index is 838. The third kappa shape index (κ3) is 5.02. The lowest BCUT2D eigenvalue weighted by molar-refractivity contribution is -0.117. The molecule has 0 bridgehead atoms. The third-order valence-electron chi connectivity index (χ3n) is 5.48. The van der Waals surface area contributed by atoms with E-state index in [0.29, 0.717) is 25.1 Å². The fourth-order valence-electron chi connectivity index (χ4n) is 3.91. The van der Waals surface area contributed by atoms with E-state index in [1.54, 1.807) is 17.0 Å². The first kappa shape index (κ1) is 19.6. The molecule has 0 spiro atoms. The summed E-state index contributed by atoms with van der Waals surface area (Å²) in [6.07, 6.45) is 1.48. The van der Waals surface area contributed by atoms with Gasteiger partial charge in [-0.3, -0.25) is 14.5 Å². The Balaban J connectivity index is 1.27. The molecule has 2 aromatic carbocycles. The summed E-state index contributed by atoms with van der Waals surface area (Å²) in [5.74, 6) is 0.0322. The number of hydrogen-bond donors (Lipinski definition) is 1. The van der Waals surface area contributed by atoms with E-state index >= 15 is 0 Å². The van der Waals surface area contributed by atoms with Crippen molar-refractivity contribution in [2.45, 2.75) is 25.5 Å². The highest BCUT2D eigenvalue weighted by Crippen LogP contribution is 2.21. The molecule has 0 saturated carbocycles. The fourth-order valence-corrected chi connectivity index (χ4v) is 3.91. The van der Waals surface area contributed by atoms with E-state index in [1.807, 2.05) is 18.2 Å². The number of nitrogens with one attached hydrogen (secondary N) is 1. The Hall–Kier alpha value is -2.70. The molecule has 0 aliphatic carbocycles. The fraction of sp³-hybridized carbons (Fsp3) is 0.391. The predicted octanol–water partition coefficient (Wildman–Crippen LogP) is 2.44. The van der Waals surface area contributed by atoms with E-state index in [-0.39, 0.29) is 17.9 Å². The van der Waals surface area contributed by atoms with E-state index in [4.69, 9.17) is 4.74 Å². The Morgan fingerprint density at radius 1 is 1.07 bits per heavy atom. The van der Waals surface area contributed by atoms with Crippen molar-refractivity contribution in [3.8, 4) is 0 Å². The molecule has 2 aliphatic heterocycles. The molecule has 6 nitrogen and oxygen atoms in total. The number of carbonyl (C=O) groups is 2. The van der Waals surface area contributed by atoms with Crippen molar-refractivity contribution in [1.82, 2.24) is 10.2 Å². The van der Waals surface area contributed by atoms with Gasteiger partial charge in [0.15, 0.2) is 0 Å². The zero-order valence-electron chi connectivity index (χ0n) is 16.5. The number of rotatable bonds is 6. The van der Waals surface area contributed by atoms with E-state index in [9.17, 15) is 9.59 Å². The van der Waals surface area contributed by atoms with E-state index in [2.05, 4.69) is 34.5 Å². The molecular formula is C23H27N3O3. The minimum Gasteiger partial charge on any atom is -0.374 e. The van der Waals surface area contributed by atoms with Crippen LogP contribution >= 0.6 is 0 Å². The van der Waals surface area contributed by atoms with Gasteiger partial charge in [-0.2, -0.15) is 0 Å². The highest BCUT2D eigenvalue weighted by molar-refractivity contribution is 5.97. The van der Waals surface area contributed by atoms with Crippen LogP contribution in [-0.4, -0.2) is 55.6 Å².